The van der Waals surface area contributed by atoms with Crippen LogP contribution in [0.3, 0.4) is 0 Å². The molecule has 0 spiro atoms. The molecule has 1 atom stereocenters. The number of carbonyl (C=O) groups is 1. The first-order chi connectivity index (χ1) is 16.4. The quantitative estimate of drug-likeness (QED) is 0.422. The first-order valence-corrected chi connectivity index (χ1v) is 12.0. The zero-order chi connectivity index (χ0) is 25.8. The van der Waals surface area contributed by atoms with E-state index in [9.17, 15) is 26.4 Å². The van der Waals surface area contributed by atoms with Crippen molar-refractivity contribution < 1.29 is 31.5 Å². The molecule has 14 heteroatoms. The van der Waals surface area contributed by atoms with Crippen molar-refractivity contribution in [3.63, 3.8) is 0 Å². The predicted octanol–water partition coefficient (Wildman–Crippen LogP) is 2.91. The number of sulfonamides is 1. The molecule has 1 unspecified atom stereocenters. The number of hydrogen-bond acceptors (Lipinski definition) is 8. The molecule has 2 heterocycles. The summed E-state index contributed by atoms with van der Waals surface area (Å²) in [4.78, 5) is 20.8. The van der Waals surface area contributed by atoms with E-state index in [4.69, 9.17) is 5.11 Å². The van der Waals surface area contributed by atoms with Gasteiger partial charge in [-0.2, -0.15) is 18.2 Å². The van der Waals surface area contributed by atoms with Gasteiger partial charge in [-0.15, -0.1) is 0 Å². The molecule has 1 aliphatic heterocycles. The van der Waals surface area contributed by atoms with Crippen molar-refractivity contribution in [3.05, 3.63) is 47.5 Å². The Morgan fingerprint density at radius 3 is 2.60 bits per heavy atom. The Hall–Kier alpha value is -3.39. The summed E-state index contributed by atoms with van der Waals surface area (Å²) >= 11 is 0. The van der Waals surface area contributed by atoms with Crippen LogP contribution in [0.2, 0.25) is 0 Å². The molecule has 0 aliphatic carbocycles. The molecule has 1 aromatic heterocycles. The highest BCUT2D eigenvalue weighted by molar-refractivity contribution is 7.96. The van der Waals surface area contributed by atoms with E-state index < -0.39 is 40.1 Å². The highest BCUT2D eigenvalue weighted by Crippen LogP contribution is 2.36. The fraction of sp³-hybridized carbons (Fsp3) is 0.381. The van der Waals surface area contributed by atoms with Gasteiger partial charge in [0.1, 0.15) is 18.0 Å². The van der Waals surface area contributed by atoms with Gasteiger partial charge in [0.15, 0.2) is 0 Å². The van der Waals surface area contributed by atoms with Gasteiger partial charge < -0.3 is 20.6 Å². The number of rotatable bonds is 8. The van der Waals surface area contributed by atoms with Gasteiger partial charge >= 0.3 is 6.18 Å². The molecule has 4 N–H and O–H groups in total. The van der Waals surface area contributed by atoms with Gasteiger partial charge in [0.05, 0.1) is 16.3 Å². The number of amides is 1. The van der Waals surface area contributed by atoms with E-state index in [1.807, 2.05) is 0 Å². The molecule has 0 saturated carbocycles. The summed E-state index contributed by atoms with van der Waals surface area (Å²) in [5.41, 5.74) is -1.12. The third-order valence-corrected chi connectivity index (χ3v) is 6.63. The third kappa shape index (κ3) is 6.60. The zero-order valence-corrected chi connectivity index (χ0v) is 19.6. The Morgan fingerprint density at radius 1 is 1.29 bits per heavy atom. The number of piperidine rings is 1. The van der Waals surface area contributed by atoms with Crippen LogP contribution in [0.4, 0.5) is 36.3 Å². The van der Waals surface area contributed by atoms with Crippen LogP contribution < -0.4 is 15.4 Å². The van der Waals surface area contributed by atoms with Crippen molar-refractivity contribution in [1.29, 1.82) is 0 Å². The lowest BCUT2D eigenvalue weighted by atomic mass is 10.1. The molecule has 0 bridgehead atoms. The van der Waals surface area contributed by atoms with Gasteiger partial charge in [0.2, 0.25) is 11.9 Å². The molecule has 1 aliphatic rings. The van der Waals surface area contributed by atoms with Crippen molar-refractivity contribution in [2.75, 3.05) is 35.1 Å². The number of anilines is 4. The van der Waals surface area contributed by atoms with E-state index in [0.717, 1.165) is 0 Å². The summed E-state index contributed by atoms with van der Waals surface area (Å²) < 4.78 is 67.7. The van der Waals surface area contributed by atoms with E-state index >= 15 is 0 Å². The maximum Gasteiger partial charge on any atom is 0.421 e. The SMILES string of the molecule is C=C(C)S(=O)(=O)Nc1ccccc1Nc1nc(NC2CCCN(C(=O)CO)C2)ncc1C(F)(F)F. The topological polar surface area (TPSA) is 137 Å². The fourth-order valence-corrected chi connectivity index (χ4v) is 4.04. The van der Waals surface area contributed by atoms with E-state index in [-0.39, 0.29) is 34.8 Å². The number of nitrogens with one attached hydrogen (secondary N) is 3. The van der Waals surface area contributed by atoms with Crippen molar-refractivity contribution in [1.82, 2.24) is 14.9 Å². The first kappa shape index (κ1) is 26.2. The lowest BCUT2D eigenvalue weighted by Gasteiger charge is -2.32. The number of alkyl halides is 3. The summed E-state index contributed by atoms with van der Waals surface area (Å²) in [6.07, 6.45) is -2.92. The number of aromatic nitrogens is 2. The Balaban J connectivity index is 1.90. The number of allylic oxidation sites excluding steroid dienone is 1. The van der Waals surface area contributed by atoms with E-state index in [1.165, 1.54) is 36.1 Å². The molecule has 0 radical (unpaired) electrons. The molecule has 1 fully saturated rings. The van der Waals surface area contributed by atoms with Crippen molar-refractivity contribution in [3.8, 4) is 0 Å². The molecule has 3 rings (SSSR count). The second kappa shape index (κ2) is 10.5. The highest BCUT2D eigenvalue weighted by atomic mass is 32.2. The number of benzene rings is 1. The fourth-order valence-electron chi connectivity index (χ4n) is 3.40. The maximum absolute atomic E-state index is 13.7. The van der Waals surface area contributed by atoms with Gasteiger partial charge in [-0.25, -0.2) is 13.4 Å². The lowest BCUT2D eigenvalue weighted by molar-refractivity contribution is -0.137. The standard InChI is InChI=1S/C21H25F3N6O4S/c1-13(2)35(33,34)29-17-8-4-3-7-16(17)27-19-15(21(22,23)24)10-25-20(28-19)26-14-6-5-9-30(11-14)18(32)12-31/h3-4,7-8,10,14,29,31H,1,5-6,9,11-12H2,2H3,(H2,25,26,27,28). The van der Waals surface area contributed by atoms with Crippen molar-refractivity contribution in [2.45, 2.75) is 32.0 Å². The van der Waals surface area contributed by atoms with Gasteiger partial charge in [-0.3, -0.25) is 9.52 Å². The number of nitrogens with zero attached hydrogens (tertiary/aromatic N) is 3. The number of aliphatic hydroxyl groups is 1. The smallest absolute Gasteiger partial charge is 0.387 e. The minimum atomic E-state index is -4.79. The molecule has 10 nitrogen and oxygen atoms in total. The maximum atomic E-state index is 13.7. The zero-order valence-electron chi connectivity index (χ0n) is 18.8. The number of halogens is 3. The summed E-state index contributed by atoms with van der Waals surface area (Å²) in [7, 11) is -3.95. The average molecular weight is 515 g/mol. The molecule has 35 heavy (non-hydrogen) atoms. The molecule has 1 saturated heterocycles. The second-order valence-electron chi connectivity index (χ2n) is 7.91. The number of carbonyl (C=O) groups excluding carboxylic acids is 1. The number of hydrogen-bond donors (Lipinski definition) is 4. The Labute approximate surface area is 200 Å². The average Bonchev–Trinajstić information content (AvgIpc) is 2.79. The van der Waals surface area contributed by atoms with Crippen LogP contribution in [0.15, 0.2) is 41.9 Å². The van der Waals surface area contributed by atoms with Crippen LogP contribution in [-0.4, -0.2) is 60.0 Å². The molecular weight excluding hydrogens is 489 g/mol. The Bertz CT molecular complexity index is 1210. The molecule has 2 aromatic rings. The van der Waals surface area contributed by atoms with E-state index in [0.29, 0.717) is 25.6 Å². The summed E-state index contributed by atoms with van der Waals surface area (Å²) in [5, 5.41) is 14.6. The summed E-state index contributed by atoms with van der Waals surface area (Å²) in [6.45, 7) is 4.73. The van der Waals surface area contributed by atoms with Crippen LogP contribution in [-0.2, 0) is 21.0 Å². The number of para-hydroxylation sites is 2. The van der Waals surface area contributed by atoms with Gasteiger partial charge in [-0.05, 0) is 31.9 Å². The lowest BCUT2D eigenvalue weighted by Crippen LogP contribution is -2.46. The van der Waals surface area contributed by atoms with Crippen molar-refractivity contribution >= 4 is 39.1 Å². The molecular formula is C21H25F3N6O4S. The summed E-state index contributed by atoms with van der Waals surface area (Å²) in [6, 6.07) is 5.47. The Kier molecular flexibility index (Phi) is 7.85. The number of aliphatic hydroxyl groups excluding tert-OH is 1. The first-order valence-electron chi connectivity index (χ1n) is 10.5. The van der Waals surface area contributed by atoms with Crippen LogP contribution in [0.1, 0.15) is 25.3 Å². The van der Waals surface area contributed by atoms with Crippen LogP contribution in [0.25, 0.3) is 0 Å². The normalized spacial score (nSPS) is 16.5. The van der Waals surface area contributed by atoms with Gasteiger partial charge in [-0.1, -0.05) is 18.7 Å². The van der Waals surface area contributed by atoms with Crippen molar-refractivity contribution in [2.24, 2.45) is 0 Å². The van der Waals surface area contributed by atoms with Crippen LogP contribution in [0.5, 0.6) is 0 Å². The number of likely N-dealkylation sites (tertiary alicyclic amines) is 1. The largest absolute Gasteiger partial charge is 0.421 e. The third-order valence-electron chi connectivity index (χ3n) is 5.22. The summed E-state index contributed by atoms with van der Waals surface area (Å²) in [5.74, 6) is -1.14. The molecule has 190 valence electrons. The van der Waals surface area contributed by atoms with Crippen LogP contribution >= 0.6 is 0 Å². The monoisotopic (exact) mass is 514 g/mol. The predicted molar refractivity (Wildman–Crippen MR) is 124 cm³/mol. The van der Waals surface area contributed by atoms with Gasteiger partial charge in [0, 0.05) is 25.3 Å². The highest BCUT2D eigenvalue weighted by Gasteiger charge is 2.36. The van der Waals surface area contributed by atoms with E-state index in [2.05, 4.69) is 31.9 Å². The van der Waals surface area contributed by atoms with E-state index in [1.54, 1.807) is 0 Å². The van der Waals surface area contributed by atoms with Gasteiger partial charge in [0.25, 0.3) is 10.0 Å². The molecule has 1 aromatic carbocycles. The van der Waals surface area contributed by atoms with Crippen LogP contribution in [0, 0.1) is 0 Å². The minimum Gasteiger partial charge on any atom is -0.387 e. The second-order valence-corrected chi connectivity index (χ2v) is 9.82. The Morgan fingerprint density at radius 2 is 1.97 bits per heavy atom. The minimum absolute atomic E-state index is 0.00202. The molecule has 1 amide bonds.